The van der Waals surface area contributed by atoms with E-state index in [0.29, 0.717) is 0 Å². The largest absolute Gasteiger partial charge is 0.490 e. The van der Waals surface area contributed by atoms with Crippen LogP contribution in [0.1, 0.15) is 0 Å². The molecular formula is C3H5F3N2O2. The molecule has 3 N–H and O–H groups in total. The summed E-state index contributed by atoms with van der Waals surface area (Å²) >= 11 is 0. The van der Waals surface area contributed by atoms with Crippen LogP contribution in [-0.2, 0) is 0 Å². The van der Waals surface area contributed by atoms with Crippen molar-refractivity contribution in [2.24, 2.45) is 5.73 Å². The molecule has 0 radical (unpaired) electrons. The number of primary amides is 1. The van der Waals surface area contributed by atoms with E-state index in [2.05, 4.69) is 5.73 Å². The first-order chi connectivity index (χ1) is 4.39. The van der Waals surface area contributed by atoms with Crippen molar-refractivity contribution in [3.05, 3.63) is 0 Å². The number of rotatable bonds is 1. The third kappa shape index (κ3) is 2.09. The van der Waals surface area contributed by atoms with Gasteiger partial charge in [-0.3, -0.25) is 0 Å². The Morgan fingerprint density at radius 2 is 2.00 bits per heavy atom. The molecule has 0 saturated heterocycles. The maximum atomic E-state index is 11.4. The molecule has 10 heavy (non-hydrogen) atoms. The lowest BCUT2D eigenvalue weighted by Gasteiger charge is -2.19. The molecule has 0 heterocycles. The van der Waals surface area contributed by atoms with Gasteiger partial charge in [-0.15, -0.1) is 13.2 Å². The van der Waals surface area contributed by atoms with Crippen LogP contribution in [0.3, 0.4) is 0 Å². The first-order valence-electron chi connectivity index (χ1n) is 2.14. The minimum Gasteiger partial charge on any atom is -0.376 e. The molecule has 0 aromatic carbocycles. The number of aliphatic hydroxyl groups is 1. The van der Waals surface area contributed by atoms with Gasteiger partial charge in [-0.05, 0) is 0 Å². The zero-order valence-corrected chi connectivity index (χ0v) is 4.72. The van der Waals surface area contributed by atoms with Gasteiger partial charge in [0.2, 0.25) is 0 Å². The van der Waals surface area contributed by atoms with Gasteiger partial charge in [0.25, 0.3) is 0 Å². The van der Waals surface area contributed by atoms with E-state index in [1.54, 1.807) is 0 Å². The second-order valence-electron chi connectivity index (χ2n) is 1.38. The average Bonchev–Trinajstić information content (AvgIpc) is 1.60. The van der Waals surface area contributed by atoms with E-state index in [1.165, 1.54) is 0 Å². The maximum absolute atomic E-state index is 11.4. The van der Waals surface area contributed by atoms with E-state index < -0.39 is 24.0 Å². The topological polar surface area (TPSA) is 66.6 Å². The average molecular weight is 158 g/mol. The first kappa shape index (κ1) is 9.02. The minimum atomic E-state index is -4.90. The molecule has 0 aromatic rings. The molecular weight excluding hydrogens is 153 g/mol. The number of carbonyl (C=O) groups excluding carboxylic acids is 1. The fourth-order valence-electron chi connectivity index (χ4n) is 0.275. The lowest BCUT2D eigenvalue weighted by Crippen LogP contribution is -2.46. The van der Waals surface area contributed by atoms with Crippen molar-refractivity contribution in [3.8, 4) is 0 Å². The van der Waals surface area contributed by atoms with Crippen LogP contribution in [0.15, 0.2) is 0 Å². The van der Waals surface area contributed by atoms with Gasteiger partial charge in [0.1, 0.15) is 6.73 Å². The Balaban J connectivity index is 4.22. The SMILES string of the molecule is NC(=O)N(CO)C(F)(F)F. The van der Waals surface area contributed by atoms with Crippen molar-refractivity contribution in [2.75, 3.05) is 6.73 Å². The Morgan fingerprint density at radius 1 is 1.60 bits per heavy atom. The third-order valence-corrected chi connectivity index (χ3v) is 0.714. The molecule has 2 amide bonds. The quantitative estimate of drug-likeness (QED) is 0.411. The van der Waals surface area contributed by atoms with Gasteiger partial charge in [0, 0.05) is 0 Å². The zero-order chi connectivity index (χ0) is 8.36. The van der Waals surface area contributed by atoms with Crippen LogP contribution in [0.4, 0.5) is 18.0 Å². The van der Waals surface area contributed by atoms with Crippen molar-refractivity contribution in [2.45, 2.75) is 6.30 Å². The van der Waals surface area contributed by atoms with Crippen LogP contribution in [0, 0.1) is 0 Å². The lowest BCUT2D eigenvalue weighted by molar-refractivity contribution is -0.237. The minimum absolute atomic E-state index is 0.826. The van der Waals surface area contributed by atoms with E-state index >= 15 is 0 Å². The number of hydrogen-bond donors (Lipinski definition) is 2. The van der Waals surface area contributed by atoms with E-state index in [0.717, 1.165) is 0 Å². The number of halogens is 3. The van der Waals surface area contributed by atoms with E-state index in [-0.39, 0.29) is 0 Å². The summed E-state index contributed by atoms with van der Waals surface area (Å²) in [4.78, 5) is 9.02. The zero-order valence-electron chi connectivity index (χ0n) is 4.72. The molecule has 0 spiro atoms. The van der Waals surface area contributed by atoms with Crippen molar-refractivity contribution in [3.63, 3.8) is 0 Å². The van der Waals surface area contributed by atoms with Crippen LogP contribution in [0.25, 0.3) is 0 Å². The van der Waals surface area contributed by atoms with Crippen molar-refractivity contribution >= 4 is 6.03 Å². The van der Waals surface area contributed by atoms with Gasteiger partial charge < -0.3 is 10.8 Å². The number of alkyl halides is 3. The highest BCUT2D eigenvalue weighted by molar-refractivity contribution is 5.72. The van der Waals surface area contributed by atoms with Crippen molar-refractivity contribution < 1.29 is 23.1 Å². The number of urea groups is 1. The van der Waals surface area contributed by atoms with Crippen LogP contribution in [0.2, 0.25) is 0 Å². The molecule has 60 valence electrons. The Morgan fingerprint density at radius 3 is 2.00 bits per heavy atom. The van der Waals surface area contributed by atoms with Gasteiger partial charge in [0.05, 0.1) is 0 Å². The van der Waals surface area contributed by atoms with E-state index in [9.17, 15) is 18.0 Å². The molecule has 0 aromatic heterocycles. The summed E-state index contributed by atoms with van der Waals surface area (Å²) in [5.41, 5.74) is 4.24. The molecule has 0 unspecified atom stereocenters. The highest BCUT2D eigenvalue weighted by Crippen LogP contribution is 2.19. The molecule has 0 atom stereocenters. The van der Waals surface area contributed by atoms with Crippen LogP contribution in [0.5, 0.6) is 0 Å². The summed E-state index contributed by atoms with van der Waals surface area (Å²) in [5.74, 6) is 0. The summed E-state index contributed by atoms with van der Waals surface area (Å²) in [6.07, 6.45) is -4.90. The Bertz CT molecular complexity index is 134. The fourth-order valence-corrected chi connectivity index (χ4v) is 0.275. The second kappa shape index (κ2) is 2.74. The summed E-state index contributed by atoms with van der Waals surface area (Å²) in [5, 5.41) is 7.94. The fraction of sp³-hybridized carbons (Fsp3) is 0.667. The summed E-state index contributed by atoms with van der Waals surface area (Å²) in [6, 6.07) is -1.73. The van der Waals surface area contributed by atoms with Crippen molar-refractivity contribution in [1.29, 1.82) is 0 Å². The van der Waals surface area contributed by atoms with Gasteiger partial charge in [-0.25, -0.2) is 9.69 Å². The molecule has 4 nitrogen and oxygen atoms in total. The number of nitrogens with two attached hydrogens (primary N) is 1. The number of nitrogens with zero attached hydrogens (tertiary/aromatic N) is 1. The Hall–Kier alpha value is -0.980. The number of carbonyl (C=O) groups is 1. The van der Waals surface area contributed by atoms with Crippen molar-refractivity contribution in [1.82, 2.24) is 4.90 Å². The number of hydrogen-bond acceptors (Lipinski definition) is 2. The maximum Gasteiger partial charge on any atom is 0.490 e. The van der Waals surface area contributed by atoms with Gasteiger partial charge in [0.15, 0.2) is 0 Å². The van der Waals surface area contributed by atoms with Crippen LogP contribution in [-0.4, -0.2) is 29.1 Å². The van der Waals surface area contributed by atoms with Crippen LogP contribution >= 0.6 is 0 Å². The smallest absolute Gasteiger partial charge is 0.376 e. The Labute approximate surface area is 54.0 Å². The predicted molar refractivity (Wildman–Crippen MR) is 24.6 cm³/mol. The van der Waals surface area contributed by atoms with E-state index in [4.69, 9.17) is 5.11 Å². The summed E-state index contributed by atoms with van der Waals surface area (Å²) < 4.78 is 34.3. The Kier molecular flexibility index (Phi) is 2.47. The number of aliphatic hydroxyl groups excluding tert-OH is 1. The first-order valence-corrected chi connectivity index (χ1v) is 2.14. The molecule has 0 saturated carbocycles. The highest BCUT2D eigenvalue weighted by Gasteiger charge is 2.39. The number of amides is 2. The van der Waals surface area contributed by atoms with Gasteiger partial charge in [-0.1, -0.05) is 0 Å². The van der Waals surface area contributed by atoms with Gasteiger partial charge in [-0.2, -0.15) is 0 Å². The van der Waals surface area contributed by atoms with Gasteiger partial charge >= 0.3 is 12.3 Å². The molecule has 0 fully saturated rings. The molecule has 0 aliphatic heterocycles. The molecule has 0 bridgehead atoms. The van der Waals surface area contributed by atoms with E-state index in [1.807, 2.05) is 0 Å². The molecule has 0 aliphatic carbocycles. The second-order valence-corrected chi connectivity index (χ2v) is 1.38. The third-order valence-electron chi connectivity index (χ3n) is 0.714. The predicted octanol–water partition coefficient (Wildman–Crippen LogP) is -0.163. The molecule has 0 aliphatic rings. The normalized spacial score (nSPS) is 11.2. The molecule has 0 rings (SSSR count). The molecule has 7 heteroatoms. The van der Waals surface area contributed by atoms with Crippen LogP contribution < -0.4 is 5.73 Å². The highest BCUT2D eigenvalue weighted by atomic mass is 19.4. The standard InChI is InChI=1S/C3H5F3N2O2/c4-3(5,6)8(1-9)2(7)10/h9H,1H2,(H2,7,10). The summed E-state index contributed by atoms with van der Waals surface area (Å²) in [6.45, 7) is -1.46. The monoisotopic (exact) mass is 158 g/mol. The summed E-state index contributed by atoms with van der Waals surface area (Å²) in [7, 11) is 0. The lowest BCUT2D eigenvalue weighted by atomic mass is 10.8.